The maximum atomic E-state index is 11.8. The van der Waals surface area contributed by atoms with Crippen molar-refractivity contribution in [3.63, 3.8) is 0 Å². The van der Waals surface area contributed by atoms with E-state index in [-0.39, 0.29) is 12.6 Å². The van der Waals surface area contributed by atoms with Gasteiger partial charge >= 0.3 is 6.03 Å². The minimum absolute atomic E-state index is 0.119. The van der Waals surface area contributed by atoms with Crippen LogP contribution in [0, 0.1) is 11.3 Å². The Balaban J connectivity index is 1.82. The molecule has 5 nitrogen and oxygen atoms in total. The van der Waals surface area contributed by atoms with Crippen molar-refractivity contribution in [1.82, 2.24) is 10.6 Å². The van der Waals surface area contributed by atoms with E-state index in [1.165, 1.54) is 11.3 Å². The van der Waals surface area contributed by atoms with Crippen LogP contribution < -0.4 is 10.6 Å². The Morgan fingerprint density at radius 2 is 2.23 bits per heavy atom. The van der Waals surface area contributed by atoms with Crippen LogP contribution >= 0.6 is 11.3 Å². The number of hydrogen-bond acceptors (Lipinski definition) is 4. The van der Waals surface area contributed by atoms with Gasteiger partial charge in [-0.15, -0.1) is 0 Å². The van der Waals surface area contributed by atoms with Gasteiger partial charge in [-0.25, -0.2) is 4.79 Å². The molecule has 0 unspecified atom stereocenters. The highest BCUT2D eigenvalue weighted by molar-refractivity contribution is 7.08. The number of nitrogens with zero attached hydrogens (tertiary/aromatic N) is 1. The molecule has 114 valence electrons. The number of rotatable bonds is 5. The maximum absolute atomic E-state index is 11.8. The van der Waals surface area contributed by atoms with Crippen LogP contribution in [0.1, 0.15) is 23.6 Å². The van der Waals surface area contributed by atoms with Gasteiger partial charge in [0, 0.05) is 6.54 Å². The van der Waals surface area contributed by atoms with Crippen molar-refractivity contribution in [2.45, 2.75) is 19.1 Å². The van der Waals surface area contributed by atoms with Crippen molar-refractivity contribution < 1.29 is 9.90 Å². The summed E-state index contributed by atoms with van der Waals surface area (Å²) in [7, 11) is 0. The van der Waals surface area contributed by atoms with Crippen molar-refractivity contribution in [3.8, 4) is 6.07 Å². The standard InChI is InChI=1S/C16H17N3O2S/c1-16(21,14-5-6-22-10-14)11-19-15(20)18-9-13-4-2-3-12(7-13)8-17/h2-7,10,21H,9,11H2,1H3,(H2,18,19,20)/t16-/m1/s1. The first-order valence-electron chi connectivity index (χ1n) is 6.77. The zero-order valence-corrected chi connectivity index (χ0v) is 13.0. The lowest BCUT2D eigenvalue weighted by molar-refractivity contribution is 0.0598. The molecule has 0 aliphatic heterocycles. The van der Waals surface area contributed by atoms with Gasteiger partial charge in [-0.05, 0) is 47.0 Å². The molecule has 1 atom stereocenters. The average Bonchev–Trinajstić information content (AvgIpc) is 3.06. The third-order valence-electron chi connectivity index (χ3n) is 3.25. The van der Waals surface area contributed by atoms with Crippen LogP contribution in [0.4, 0.5) is 4.79 Å². The first-order chi connectivity index (χ1) is 10.5. The molecule has 0 spiro atoms. The molecule has 2 amide bonds. The third kappa shape index (κ3) is 4.32. The van der Waals surface area contributed by atoms with Crippen LogP contribution in [0.5, 0.6) is 0 Å². The van der Waals surface area contributed by atoms with E-state index >= 15 is 0 Å². The van der Waals surface area contributed by atoms with E-state index in [1.54, 1.807) is 25.1 Å². The molecule has 6 heteroatoms. The Morgan fingerprint density at radius 1 is 1.41 bits per heavy atom. The molecule has 2 rings (SSSR count). The normalized spacial score (nSPS) is 13.0. The summed E-state index contributed by atoms with van der Waals surface area (Å²) in [5.74, 6) is 0. The van der Waals surface area contributed by atoms with E-state index in [0.29, 0.717) is 12.1 Å². The van der Waals surface area contributed by atoms with Crippen molar-refractivity contribution in [2.75, 3.05) is 6.54 Å². The molecular weight excluding hydrogens is 298 g/mol. The van der Waals surface area contributed by atoms with Crippen LogP contribution in [-0.4, -0.2) is 17.7 Å². The molecular formula is C16H17N3O2S. The number of thiophene rings is 1. The molecule has 0 radical (unpaired) electrons. The zero-order chi connectivity index (χ0) is 16.0. The molecule has 0 fully saturated rings. The quantitative estimate of drug-likeness (QED) is 0.791. The number of hydrogen-bond donors (Lipinski definition) is 3. The second-order valence-corrected chi connectivity index (χ2v) is 5.91. The lowest BCUT2D eigenvalue weighted by Gasteiger charge is -2.22. The fourth-order valence-electron chi connectivity index (χ4n) is 1.92. The number of aliphatic hydroxyl groups is 1. The van der Waals surface area contributed by atoms with Gasteiger partial charge in [0.25, 0.3) is 0 Å². The minimum Gasteiger partial charge on any atom is -0.384 e. The SMILES string of the molecule is C[C@@](O)(CNC(=O)NCc1cccc(C#N)c1)c1ccsc1. The first kappa shape index (κ1) is 16.0. The molecule has 1 heterocycles. The van der Waals surface area contributed by atoms with E-state index in [2.05, 4.69) is 16.7 Å². The van der Waals surface area contributed by atoms with Gasteiger partial charge in [-0.1, -0.05) is 12.1 Å². The highest BCUT2D eigenvalue weighted by atomic mass is 32.1. The van der Waals surface area contributed by atoms with Crippen LogP contribution in [0.25, 0.3) is 0 Å². The van der Waals surface area contributed by atoms with Crippen molar-refractivity contribution in [3.05, 3.63) is 57.8 Å². The van der Waals surface area contributed by atoms with Crippen LogP contribution in [0.15, 0.2) is 41.1 Å². The van der Waals surface area contributed by atoms with Gasteiger partial charge in [0.1, 0.15) is 5.60 Å². The number of carbonyl (C=O) groups is 1. The summed E-state index contributed by atoms with van der Waals surface area (Å²) in [6.45, 7) is 2.10. The van der Waals surface area contributed by atoms with E-state index in [9.17, 15) is 9.90 Å². The molecule has 3 N–H and O–H groups in total. The number of urea groups is 1. The number of carbonyl (C=O) groups excluding carboxylic acids is 1. The summed E-state index contributed by atoms with van der Waals surface area (Å²) in [6, 6.07) is 10.6. The molecule has 2 aromatic rings. The van der Waals surface area contributed by atoms with Crippen LogP contribution in [0.2, 0.25) is 0 Å². The summed E-state index contributed by atoms with van der Waals surface area (Å²) in [6.07, 6.45) is 0. The molecule has 0 aliphatic carbocycles. The van der Waals surface area contributed by atoms with E-state index in [0.717, 1.165) is 11.1 Å². The summed E-state index contributed by atoms with van der Waals surface area (Å²) >= 11 is 1.50. The third-order valence-corrected chi connectivity index (χ3v) is 3.93. The Morgan fingerprint density at radius 3 is 2.91 bits per heavy atom. The van der Waals surface area contributed by atoms with E-state index in [1.807, 2.05) is 22.9 Å². The zero-order valence-electron chi connectivity index (χ0n) is 12.2. The Labute approximate surface area is 133 Å². The topological polar surface area (TPSA) is 85.2 Å². The predicted molar refractivity (Wildman–Crippen MR) is 85.3 cm³/mol. The summed E-state index contributed by atoms with van der Waals surface area (Å²) < 4.78 is 0. The minimum atomic E-state index is -1.10. The van der Waals surface area contributed by atoms with Gasteiger partial charge in [0.05, 0.1) is 18.2 Å². The highest BCUT2D eigenvalue weighted by Gasteiger charge is 2.24. The number of nitriles is 1. The van der Waals surface area contributed by atoms with Gasteiger partial charge in [0.15, 0.2) is 0 Å². The first-order valence-corrected chi connectivity index (χ1v) is 7.71. The highest BCUT2D eigenvalue weighted by Crippen LogP contribution is 2.21. The molecule has 0 saturated carbocycles. The van der Waals surface area contributed by atoms with Gasteiger partial charge in [-0.3, -0.25) is 0 Å². The van der Waals surface area contributed by atoms with E-state index < -0.39 is 5.60 Å². The molecule has 22 heavy (non-hydrogen) atoms. The summed E-state index contributed by atoms with van der Waals surface area (Å²) in [4.78, 5) is 11.8. The Bertz CT molecular complexity index is 675. The van der Waals surface area contributed by atoms with Crippen molar-refractivity contribution in [1.29, 1.82) is 5.26 Å². The average molecular weight is 315 g/mol. The molecule has 0 aliphatic rings. The summed E-state index contributed by atoms with van der Waals surface area (Å²) in [5, 5.41) is 28.2. The Kier molecular flexibility index (Phi) is 5.15. The predicted octanol–water partition coefficient (Wildman–Crippen LogP) is 2.33. The molecule has 1 aromatic heterocycles. The number of benzene rings is 1. The smallest absolute Gasteiger partial charge is 0.315 e. The van der Waals surface area contributed by atoms with Crippen LogP contribution in [-0.2, 0) is 12.1 Å². The summed E-state index contributed by atoms with van der Waals surface area (Å²) in [5.41, 5.74) is 1.08. The van der Waals surface area contributed by atoms with Crippen molar-refractivity contribution >= 4 is 17.4 Å². The number of amides is 2. The number of nitrogens with one attached hydrogen (secondary N) is 2. The van der Waals surface area contributed by atoms with Gasteiger partial charge in [-0.2, -0.15) is 16.6 Å². The van der Waals surface area contributed by atoms with Gasteiger partial charge < -0.3 is 15.7 Å². The van der Waals surface area contributed by atoms with Crippen LogP contribution in [0.3, 0.4) is 0 Å². The molecule has 0 bridgehead atoms. The second-order valence-electron chi connectivity index (χ2n) is 5.13. The lowest BCUT2D eigenvalue weighted by Crippen LogP contribution is -2.43. The Hall–Kier alpha value is -2.36. The lowest BCUT2D eigenvalue weighted by atomic mass is 9.99. The second kappa shape index (κ2) is 7.07. The monoisotopic (exact) mass is 315 g/mol. The van der Waals surface area contributed by atoms with Gasteiger partial charge in [0.2, 0.25) is 0 Å². The maximum Gasteiger partial charge on any atom is 0.315 e. The molecule has 0 saturated heterocycles. The van der Waals surface area contributed by atoms with Crippen molar-refractivity contribution in [2.24, 2.45) is 0 Å². The fraction of sp³-hybridized carbons (Fsp3) is 0.250. The fourth-order valence-corrected chi connectivity index (χ4v) is 2.70. The van der Waals surface area contributed by atoms with E-state index in [4.69, 9.17) is 5.26 Å². The largest absolute Gasteiger partial charge is 0.384 e. The molecule has 1 aromatic carbocycles.